The topological polar surface area (TPSA) is 114 Å². The van der Waals surface area contributed by atoms with E-state index in [9.17, 15) is 9.59 Å². The van der Waals surface area contributed by atoms with Crippen LogP contribution in [0.25, 0.3) is 11.1 Å². The number of nitrogens with two attached hydrogens (primary N) is 1. The minimum atomic E-state index is -1.11. The normalized spacial score (nSPS) is 11.4. The smallest absolute Gasteiger partial charge is 0.354 e. The molecule has 0 bridgehead atoms. The number of pyridine rings is 1. The van der Waals surface area contributed by atoms with E-state index in [-0.39, 0.29) is 37.0 Å². The molecule has 2 rings (SSSR count). The third kappa shape index (κ3) is 4.67. The molecule has 0 spiro atoms. The van der Waals surface area contributed by atoms with Crippen molar-refractivity contribution in [2.45, 2.75) is 12.3 Å². The van der Waals surface area contributed by atoms with Crippen molar-refractivity contribution in [1.82, 2.24) is 4.98 Å². The van der Waals surface area contributed by atoms with Gasteiger partial charge in [0.1, 0.15) is 5.69 Å². The zero-order chi connectivity index (χ0) is 17.0. The third-order valence-corrected chi connectivity index (χ3v) is 3.79. The van der Waals surface area contributed by atoms with Crippen molar-refractivity contribution >= 4 is 35.9 Å². The molecule has 2 aromatic rings. The first-order chi connectivity index (χ1) is 10.9. The number of carbonyl (C=O) groups is 2. The van der Waals surface area contributed by atoms with Gasteiger partial charge in [-0.2, -0.15) is 0 Å². The van der Waals surface area contributed by atoms with Gasteiger partial charge in [-0.3, -0.25) is 4.79 Å². The van der Waals surface area contributed by atoms with E-state index in [0.717, 1.165) is 5.56 Å². The average molecular weight is 371 g/mol. The van der Waals surface area contributed by atoms with Gasteiger partial charge in [0.25, 0.3) is 0 Å². The number of rotatable bonds is 6. The quantitative estimate of drug-likeness (QED) is 0.719. The molecule has 1 atom stereocenters. The van der Waals surface area contributed by atoms with E-state index < -0.39 is 11.9 Å². The van der Waals surface area contributed by atoms with E-state index in [2.05, 4.69) is 4.98 Å². The molecular formula is C16H16Cl2N2O4. The number of carboxylic acids is 2. The Morgan fingerprint density at radius 2 is 1.92 bits per heavy atom. The molecule has 1 aromatic carbocycles. The molecule has 1 aromatic heterocycles. The predicted octanol–water partition coefficient (Wildman–Crippen LogP) is 3.04. The predicted molar refractivity (Wildman–Crippen MR) is 92.9 cm³/mol. The first kappa shape index (κ1) is 19.9. The number of hydrogen-bond acceptors (Lipinski definition) is 4. The molecule has 0 saturated heterocycles. The molecule has 1 heterocycles. The van der Waals surface area contributed by atoms with Crippen molar-refractivity contribution in [2.24, 2.45) is 5.73 Å². The largest absolute Gasteiger partial charge is 0.481 e. The second kappa shape index (κ2) is 8.63. The summed E-state index contributed by atoms with van der Waals surface area (Å²) >= 11 is 6.20. The zero-order valence-corrected chi connectivity index (χ0v) is 14.0. The number of halogens is 2. The minimum Gasteiger partial charge on any atom is -0.481 e. The number of carboxylic acid groups (broad SMARTS) is 2. The summed E-state index contributed by atoms with van der Waals surface area (Å²) in [5, 5.41) is 18.3. The van der Waals surface area contributed by atoms with Crippen LogP contribution >= 0.6 is 24.0 Å². The summed E-state index contributed by atoms with van der Waals surface area (Å²) in [5.41, 5.74) is 7.65. The van der Waals surface area contributed by atoms with Crippen LogP contribution in [0, 0.1) is 0 Å². The number of aromatic nitrogens is 1. The lowest BCUT2D eigenvalue weighted by molar-refractivity contribution is -0.137. The Bertz CT molecular complexity index is 735. The molecular weight excluding hydrogens is 355 g/mol. The van der Waals surface area contributed by atoms with Crippen LogP contribution in [0.4, 0.5) is 0 Å². The number of benzene rings is 1. The highest BCUT2D eigenvalue weighted by molar-refractivity contribution is 6.33. The highest BCUT2D eigenvalue weighted by Crippen LogP contribution is 2.31. The summed E-state index contributed by atoms with van der Waals surface area (Å²) in [6.07, 6.45) is 1.34. The standard InChI is InChI=1S/C16H15ClN2O4.ClH/c17-13-3-1-9(11(7-18)6-15(20)21)5-12(13)10-2-4-14(16(22)23)19-8-10;/h1-5,8,11H,6-7,18H2,(H,20,21)(H,22,23);1H/t11-;/m0./s1. The molecule has 0 aliphatic carbocycles. The van der Waals surface area contributed by atoms with Gasteiger partial charge in [-0.25, -0.2) is 9.78 Å². The van der Waals surface area contributed by atoms with Gasteiger partial charge >= 0.3 is 11.9 Å². The van der Waals surface area contributed by atoms with Gasteiger partial charge < -0.3 is 15.9 Å². The van der Waals surface area contributed by atoms with Crippen molar-refractivity contribution in [2.75, 3.05) is 6.54 Å². The highest BCUT2D eigenvalue weighted by atomic mass is 35.5. The Hall–Kier alpha value is -2.15. The molecule has 0 aliphatic rings. The Morgan fingerprint density at radius 1 is 1.21 bits per heavy atom. The SMILES string of the molecule is Cl.NC[C@H](CC(=O)O)c1ccc(Cl)c(-c2ccc(C(=O)O)nc2)c1. The number of nitrogens with zero attached hydrogens (tertiary/aromatic N) is 1. The Labute approximate surface area is 149 Å². The average Bonchev–Trinajstić information content (AvgIpc) is 2.53. The van der Waals surface area contributed by atoms with Crippen LogP contribution < -0.4 is 5.73 Å². The molecule has 4 N–H and O–H groups in total. The van der Waals surface area contributed by atoms with Gasteiger partial charge in [-0.05, 0) is 30.3 Å². The lowest BCUT2D eigenvalue weighted by atomic mass is 9.93. The maximum Gasteiger partial charge on any atom is 0.354 e. The van der Waals surface area contributed by atoms with Crippen molar-refractivity contribution in [1.29, 1.82) is 0 Å². The van der Waals surface area contributed by atoms with Crippen LogP contribution in [0.3, 0.4) is 0 Å². The van der Waals surface area contributed by atoms with Crippen LogP contribution in [-0.2, 0) is 4.79 Å². The van der Waals surface area contributed by atoms with E-state index in [1.807, 2.05) is 0 Å². The first-order valence-corrected chi connectivity index (χ1v) is 7.21. The van der Waals surface area contributed by atoms with Crippen molar-refractivity contribution in [3.63, 3.8) is 0 Å². The molecule has 0 saturated carbocycles. The van der Waals surface area contributed by atoms with Crippen LogP contribution in [0.5, 0.6) is 0 Å². The highest BCUT2D eigenvalue weighted by Gasteiger charge is 2.16. The maximum absolute atomic E-state index is 10.9. The van der Waals surface area contributed by atoms with Crippen LogP contribution in [-0.4, -0.2) is 33.7 Å². The summed E-state index contributed by atoms with van der Waals surface area (Å²) in [7, 11) is 0. The van der Waals surface area contributed by atoms with Crippen LogP contribution in [0.2, 0.25) is 5.02 Å². The summed E-state index contributed by atoms with van der Waals surface area (Å²) in [6.45, 7) is 0.198. The second-order valence-corrected chi connectivity index (χ2v) is 5.41. The second-order valence-electron chi connectivity index (χ2n) is 5.01. The van der Waals surface area contributed by atoms with Crippen LogP contribution in [0.15, 0.2) is 36.5 Å². The van der Waals surface area contributed by atoms with Gasteiger partial charge in [-0.1, -0.05) is 23.7 Å². The third-order valence-electron chi connectivity index (χ3n) is 3.46. The van der Waals surface area contributed by atoms with E-state index in [1.165, 1.54) is 12.3 Å². The fraction of sp³-hybridized carbons (Fsp3) is 0.188. The summed E-state index contributed by atoms with van der Waals surface area (Å²) in [6, 6.07) is 8.17. The van der Waals surface area contributed by atoms with Gasteiger partial charge in [-0.15, -0.1) is 12.4 Å². The fourth-order valence-corrected chi connectivity index (χ4v) is 2.47. The maximum atomic E-state index is 10.9. The van der Waals surface area contributed by atoms with E-state index in [1.54, 1.807) is 24.3 Å². The van der Waals surface area contributed by atoms with Gasteiger partial charge in [0.2, 0.25) is 0 Å². The summed E-state index contributed by atoms with van der Waals surface area (Å²) in [5.74, 6) is -2.36. The number of hydrogen-bond donors (Lipinski definition) is 3. The van der Waals surface area contributed by atoms with Gasteiger partial charge in [0.15, 0.2) is 0 Å². The molecule has 0 unspecified atom stereocenters. The van der Waals surface area contributed by atoms with E-state index >= 15 is 0 Å². The number of aromatic carboxylic acids is 1. The van der Waals surface area contributed by atoms with Gasteiger partial charge in [0, 0.05) is 28.3 Å². The van der Waals surface area contributed by atoms with E-state index in [4.69, 9.17) is 27.5 Å². The fourth-order valence-electron chi connectivity index (χ4n) is 2.25. The molecule has 0 aliphatic heterocycles. The van der Waals surface area contributed by atoms with Crippen molar-refractivity contribution in [3.8, 4) is 11.1 Å². The molecule has 128 valence electrons. The molecule has 24 heavy (non-hydrogen) atoms. The number of aliphatic carboxylic acids is 1. The molecule has 0 amide bonds. The molecule has 0 radical (unpaired) electrons. The van der Waals surface area contributed by atoms with Crippen LogP contribution in [0.1, 0.15) is 28.4 Å². The van der Waals surface area contributed by atoms with Crippen molar-refractivity contribution < 1.29 is 19.8 Å². The summed E-state index contributed by atoms with van der Waals surface area (Å²) in [4.78, 5) is 25.6. The molecule has 6 nitrogen and oxygen atoms in total. The van der Waals surface area contributed by atoms with Crippen molar-refractivity contribution in [3.05, 3.63) is 52.8 Å². The summed E-state index contributed by atoms with van der Waals surface area (Å²) < 4.78 is 0. The van der Waals surface area contributed by atoms with Gasteiger partial charge in [0.05, 0.1) is 6.42 Å². The molecule has 8 heteroatoms. The minimum absolute atomic E-state index is 0. The Kier molecular flexibility index (Phi) is 7.16. The first-order valence-electron chi connectivity index (χ1n) is 6.83. The lowest BCUT2D eigenvalue weighted by Crippen LogP contribution is -2.16. The zero-order valence-electron chi connectivity index (χ0n) is 12.5. The monoisotopic (exact) mass is 370 g/mol. The Morgan fingerprint density at radius 3 is 2.42 bits per heavy atom. The van der Waals surface area contributed by atoms with E-state index in [0.29, 0.717) is 16.1 Å². The molecule has 0 fully saturated rings. The lowest BCUT2D eigenvalue weighted by Gasteiger charge is -2.15. The Balaban J connectivity index is 0.00000288.